The Morgan fingerprint density at radius 2 is 2.25 bits per heavy atom. The van der Waals surface area contributed by atoms with Gasteiger partial charge in [0, 0.05) is 13.2 Å². The number of nitrogens with zero attached hydrogens (tertiary/aromatic N) is 2. The van der Waals surface area contributed by atoms with E-state index in [1.807, 2.05) is 17.9 Å². The zero-order valence-corrected chi connectivity index (χ0v) is 7.45. The maximum Gasteiger partial charge on any atom is 0.0524 e. The monoisotopic (exact) mass is 165 g/mol. The molecule has 2 heterocycles. The lowest BCUT2D eigenvalue weighted by Crippen LogP contribution is -2.26. The molecule has 1 aromatic rings. The van der Waals surface area contributed by atoms with Gasteiger partial charge in [-0.3, -0.25) is 4.68 Å². The number of hydrogen-bond acceptors (Lipinski definition) is 2. The second kappa shape index (κ2) is 3.27. The zero-order valence-electron chi connectivity index (χ0n) is 7.45. The smallest absolute Gasteiger partial charge is 0.0524 e. The second-order valence-electron chi connectivity index (χ2n) is 3.47. The highest BCUT2D eigenvalue weighted by molar-refractivity contribution is 5.11. The van der Waals surface area contributed by atoms with Crippen molar-refractivity contribution in [1.82, 2.24) is 15.1 Å². The molecule has 12 heavy (non-hydrogen) atoms. The first-order valence-corrected chi connectivity index (χ1v) is 4.55. The number of piperidine rings is 1. The van der Waals surface area contributed by atoms with Gasteiger partial charge in [-0.1, -0.05) is 0 Å². The van der Waals surface area contributed by atoms with Crippen LogP contribution in [0.15, 0.2) is 12.4 Å². The average molecular weight is 165 g/mol. The van der Waals surface area contributed by atoms with Crippen LogP contribution in [0.3, 0.4) is 0 Å². The van der Waals surface area contributed by atoms with Crippen molar-refractivity contribution in [3.63, 3.8) is 0 Å². The van der Waals surface area contributed by atoms with Crippen LogP contribution in [-0.4, -0.2) is 22.9 Å². The zero-order chi connectivity index (χ0) is 8.39. The van der Waals surface area contributed by atoms with E-state index in [-0.39, 0.29) is 0 Å². The van der Waals surface area contributed by atoms with Gasteiger partial charge in [0.25, 0.3) is 0 Å². The molecule has 0 amide bonds. The number of nitrogens with one attached hydrogen (secondary N) is 1. The molecule has 1 aromatic heterocycles. The van der Waals surface area contributed by atoms with Crippen molar-refractivity contribution >= 4 is 0 Å². The summed E-state index contributed by atoms with van der Waals surface area (Å²) in [5.74, 6) is 0.736. The summed E-state index contributed by atoms with van der Waals surface area (Å²) in [6, 6.07) is 0. The molecule has 0 aliphatic carbocycles. The summed E-state index contributed by atoms with van der Waals surface area (Å²) in [6.45, 7) is 2.30. The highest BCUT2D eigenvalue weighted by atomic mass is 15.2. The van der Waals surface area contributed by atoms with Crippen LogP contribution >= 0.6 is 0 Å². The topological polar surface area (TPSA) is 29.9 Å². The lowest BCUT2D eigenvalue weighted by atomic mass is 9.93. The molecule has 1 N–H and O–H groups in total. The van der Waals surface area contributed by atoms with E-state index < -0.39 is 0 Å². The minimum absolute atomic E-state index is 0.736. The summed E-state index contributed by atoms with van der Waals surface area (Å²) in [5.41, 5.74) is 1.40. The molecule has 0 atom stereocenters. The van der Waals surface area contributed by atoms with Gasteiger partial charge in [0.15, 0.2) is 0 Å². The Bertz CT molecular complexity index is 248. The molecule has 0 unspecified atom stereocenters. The van der Waals surface area contributed by atoms with Gasteiger partial charge in [0.1, 0.15) is 0 Å². The fourth-order valence-electron chi connectivity index (χ4n) is 1.81. The molecule has 0 radical (unpaired) electrons. The minimum Gasteiger partial charge on any atom is -0.317 e. The van der Waals surface area contributed by atoms with Crippen molar-refractivity contribution in [2.24, 2.45) is 7.05 Å². The third-order valence-electron chi connectivity index (χ3n) is 2.54. The molecule has 0 saturated carbocycles. The normalized spacial score (nSPS) is 19.8. The summed E-state index contributed by atoms with van der Waals surface area (Å²) < 4.78 is 1.89. The molecule has 3 nitrogen and oxygen atoms in total. The van der Waals surface area contributed by atoms with E-state index in [0.717, 1.165) is 19.0 Å². The van der Waals surface area contributed by atoms with Gasteiger partial charge in [-0.15, -0.1) is 0 Å². The third-order valence-corrected chi connectivity index (χ3v) is 2.54. The summed E-state index contributed by atoms with van der Waals surface area (Å²) in [7, 11) is 1.98. The summed E-state index contributed by atoms with van der Waals surface area (Å²) in [6.07, 6.45) is 6.64. The Balaban J connectivity index is 2.08. The van der Waals surface area contributed by atoms with Crippen molar-refractivity contribution in [2.45, 2.75) is 18.8 Å². The Morgan fingerprint density at radius 3 is 2.83 bits per heavy atom. The van der Waals surface area contributed by atoms with Crippen LogP contribution in [0, 0.1) is 0 Å². The molecule has 0 spiro atoms. The Morgan fingerprint density at radius 1 is 1.50 bits per heavy atom. The maximum absolute atomic E-state index is 4.19. The Labute approximate surface area is 72.8 Å². The first-order chi connectivity index (χ1) is 5.86. The van der Waals surface area contributed by atoms with Crippen LogP contribution in [0.25, 0.3) is 0 Å². The second-order valence-corrected chi connectivity index (χ2v) is 3.47. The van der Waals surface area contributed by atoms with E-state index in [1.165, 1.54) is 18.4 Å². The van der Waals surface area contributed by atoms with E-state index in [9.17, 15) is 0 Å². The van der Waals surface area contributed by atoms with E-state index in [1.54, 1.807) is 0 Å². The first kappa shape index (κ1) is 7.80. The molecule has 1 fully saturated rings. The van der Waals surface area contributed by atoms with E-state index in [0.29, 0.717) is 0 Å². The average Bonchev–Trinajstić information content (AvgIpc) is 2.54. The molecule has 1 saturated heterocycles. The van der Waals surface area contributed by atoms with Crippen molar-refractivity contribution < 1.29 is 0 Å². The number of hydrogen-bond donors (Lipinski definition) is 1. The predicted molar refractivity (Wildman–Crippen MR) is 48.1 cm³/mol. The number of aromatic nitrogens is 2. The van der Waals surface area contributed by atoms with Crippen LogP contribution in [0.4, 0.5) is 0 Å². The summed E-state index contributed by atoms with van der Waals surface area (Å²) >= 11 is 0. The summed E-state index contributed by atoms with van der Waals surface area (Å²) in [5, 5.41) is 7.55. The molecule has 3 heteroatoms. The predicted octanol–water partition coefficient (Wildman–Crippen LogP) is 0.887. The highest BCUT2D eigenvalue weighted by Gasteiger charge is 2.15. The molecule has 0 bridgehead atoms. The van der Waals surface area contributed by atoms with E-state index >= 15 is 0 Å². The van der Waals surface area contributed by atoms with Gasteiger partial charge in [0.05, 0.1) is 6.20 Å². The fraction of sp³-hybridized carbons (Fsp3) is 0.667. The van der Waals surface area contributed by atoms with Gasteiger partial charge in [0.2, 0.25) is 0 Å². The minimum atomic E-state index is 0.736. The van der Waals surface area contributed by atoms with Gasteiger partial charge >= 0.3 is 0 Å². The van der Waals surface area contributed by atoms with Gasteiger partial charge in [-0.2, -0.15) is 5.10 Å². The van der Waals surface area contributed by atoms with Crippen LogP contribution in [-0.2, 0) is 7.05 Å². The van der Waals surface area contributed by atoms with Crippen LogP contribution in [0.1, 0.15) is 24.3 Å². The summed E-state index contributed by atoms with van der Waals surface area (Å²) in [4.78, 5) is 0. The molecule has 2 rings (SSSR count). The van der Waals surface area contributed by atoms with E-state index in [4.69, 9.17) is 0 Å². The van der Waals surface area contributed by atoms with Crippen molar-refractivity contribution in [3.05, 3.63) is 18.0 Å². The van der Waals surface area contributed by atoms with Crippen molar-refractivity contribution in [1.29, 1.82) is 0 Å². The van der Waals surface area contributed by atoms with Crippen LogP contribution in [0.2, 0.25) is 0 Å². The molecular formula is C9H15N3. The van der Waals surface area contributed by atoms with Gasteiger partial charge in [-0.25, -0.2) is 0 Å². The molecule has 1 aliphatic heterocycles. The quantitative estimate of drug-likeness (QED) is 0.669. The van der Waals surface area contributed by atoms with Crippen molar-refractivity contribution in [2.75, 3.05) is 13.1 Å². The molecular weight excluding hydrogens is 150 g/mol. The third kappa shape index (κ3) is 1.50. The fourth-order valence-corrected chi connectivity index (χ4v) is 1.81. The van der Waals surface area contributed by atoms with Crippen molar-refractivity contribution in [3.8, 4) is 0 Å². The number of aryl methyl sites for hydroxylation is 1. The Hall–Kier alpha value is -0.830. The largest absolute Gasteiger partial charge is 0.317 e. The lowest BCUT2D eigenvalue weighted by Gasteiger charge is -2.21. The van der Waals surface area contributed by atoms with Gasteiger partial charge in [-0.05, 0) is 37.4 Å². The Kier molecular flexibility index (Phi) is 2.13. The first-order valence-electron chi connectivity index (χ1n) is 4.55. The molecule has 66 valence electrons. The van der Waals surface area contributed by atoms with E-state index in [2.05, 4.69) is 16.6 Å². The SMILES string of the molecule is Cn1cc(C2CCNCC2)cn1. The standard InChI is InChI=1S/C9H15N3/c1-12-7-9(6-11-12)8-2-4-10-5-3-8/h6-8,10H,2-5H2,1H3. The maximum atomic E-state index is 4.19. The molecule has 1 aliphatic rings. The van der Waals surface area contributed by atoms with Gasteiger partial charge < -0.3 is 5.32 Å². The van der Waals surface area contributed by atoms with Crippen LogP contribution < -0.4 is 5.32 Å². The highest BCUT2D eigenvalue weighted by Crippen LogP contribution is 2.23. The van der Waals surface area contributed by atoms with Crippen LogP contribution in [0.5, 0.6) is 0 Å². The lowest BCUT2D eigenvalue weighted by molar-refractivity contribution is 0.460. The molecule has 0 aromatic carbocycles. The number of rotatable bonds is 1.